The van der Waals surface area contributed by atoms with E-state index in [4.69, 9.17) is 9.26 Å². The molecule has 8 nitrogen and oxygen atoms in total. The van der Waals surface area contributed by atoms with Gasteiger partial charge >= 0.3 is 0 Å². The maximum absolute atomic E-state index is 12.7. The lowest BCUT2D eigenvalue weighted by atomic mass is 9.98. The molecular formula is C19H20N4O4S. The Morgan fingerprint density at radius 1 is 1.11 bits per heavy atom. The fraction of sp³-hybridized carbons (Fsp3) is 0.316. The molecular weight excluding hydrogens is 380 g/mol. The summed E-state index contributed by atoms with van der Waals surface area (Å²) < 4.78 is 37.8. The lowest BCUT2D eigenvalue weighted by molar-refractivity contribution is 0.241. The number of nitrogens with zero attached hydrogens (tertiary/aromatic N) is 4. The number of benzene rings is 1. The van der Waals surface area contributed by atoms with Gasteiger partial charge in [-0.2, -0.15) is 9.29 Å². The molecule has 1 saturated heterocycles. The summed E-state index contributed by atoms with van der Waals surface area (Å²) in [5, 5.41) is 4.05. The van der Waals surface area contributed by atoms with Gasteiger partial charge in [-0.3, -0.25) is 4.98 Å². The van der Waals surface area contributed by atoms with Gasteiger partial charge in [-0.05, 0) is 37.1 Å². The average molecular weight is 400 g/mol. The number of aromatic nitrogens is 3. The smallest absolute Gasteiger partial charge is 0.264 e. The highest BCUT2D eigenvalue weighted by molar-refractivity contribution is 7.89. The monoisotopic (exact) mass is 400 g/mol. The molecule has 1 aromatic carbocycles. The molecule has 0 N–H and O–H groups in total. The van der Waals surface area contributed by atoms with Gasteiger partial charge in [0.05, 0.1) is 11.1 Å². The third kappa shape index (κ3) is 4.05. The van der Waals surface area contributed by atoms with E-state index in [-0.39, 0.29) is 12.5 Å². The Balaban J connectivity index is 1.35. The molecule has 4 rings (SSSR count). The van der Waals surface area contributed by atoms with Crippen LogP contribution in [0.1, 0.15) is 30.5 Å². The van der Waals surface area contributed by atoms with Crippen LogP contribution in [0.4, 0.5) is 0 Å². The zero-order chi connectivity index (χ0) is 19.4. The van der Waals surface area contributed by atoms with Crippen LogP contribution in [0.2, 0.25) is 0 Å². The second kappa shape index (κ2) is 8.07. The van der Waals surface area contributed by atoms with E-state index < -0.39 is 10.0 Å². The van der Waals surface area contributed by atoms with Gasteiger partial charge in [0.1, 0.15) is 5.75 Å². The standard InChI is InChI=1S/C19H20N4O4S/c24-28(25,17-6-2-1-3-7-17)23-11-8-15(9-12-23)19-21-18(27-22-19)14-26-16-5-4-10-20-13-16/h1-7,10,13,15H,8-9,11-12,14H2. The molecule has 9 heteroatoms. The number of piperidine rings is 1. The van der Waals surface area contributed by atoms with E-state index >= 15 is 0 Å². The summed E-state index contributed by atoms with van der Waals surface area (Å²) in [7, 11) is -3.46. The molecule has 0 bridgehead atoms. The average Bonchev–Trinajstić information content (AvgIpc) is 3.23. The highest BCUT2D eigenvalue weighted by Gasteiger charge is 2.31. The third-order valence-electron chi connectivity index (χ3n) is 4.68. The zero-order valence-corrected chi connectivity index (χ0v) is 16.0. The summed E-state index contributed by atoms with van der Waals surface area (Å²) in [6.07, 6.45) is 4.57. The fourth-order valence-corrected chi connectivity index (χ4v) is 4.66. The molecule has 0 radical (unpaired) electrons. The Morgan fingerprint density at radius 2 is 1.89 bits per heavy atom. The van der Waals surface area contributed by atoms with Crippen molar-refractivity contribution < 1.29 is 17.7 Å². The van der Waals surface area contributed by atoms with Crippen molar-refractivity contribution in [3.63, 3.8) is 0 Å². The van der Waals surface area contributed by atoms with Crippen molar-refractivity contribution in [1.29, 1.82) is 0 Å². The molecule has 1 aliphatic heterocycles. The van der Waals surface area contributed by atoms with Crippen molar-refractivity contribution in [3.05, 3.63) is 66.6 Å². The van der Waals surface area contributed by atoms with Crippen LogP contribution in [-0.2, 0) is 16.6 Å². The van der Waals surface area contributed by atoms with E-state index in [9.17, 15) is 8.42 Å². The first-order chi connectivity index (χ1) is 13.6. The molecule has 1 aliphatic rings. The minimum Gasteiger partial charge on any atom is -0.482 e. The molecule has 0 unspecified atom stereocenters. The van der Waals surface area contributed by atoms with Crippen LogP contribution < -0.4 is 4.74 Å². The summed E-state index contributed by atoms with van der Waals surface area (Å²) in [4.78, 5) is 8.70. The van der Waals surface area contributed by atoms with Crippen molar-refractivity contribution in [1.82, 2.24) is 19.4 Å². The number of sulfonamides is 1. The molecule has 3 heterocycles. The van der Waals surface area contributed by atoms with Crippen LogP contribution in [0.15, 0.2) is 64.3 Å². The maximum Gasteiger partial charge on any atom is 0.264 e. The van der Waals surface area contributed by atoms with E-state index in [0.29, 0.717) is 48.3 Å². The molecule has 0 amide bonds. The maximum atomic E-state index is 12.7. The van der Waals surface area contributed by atoms with Crippen LogP contribution in [0.5, 0.6) is 5.75 Å². The first-order valence-corrected chi connectivity index (χ1v) is 10.5. The van der Waals surface area contributed by atoms with Crippen LogP contribution in [-0.4, -0.2) is 40.9 Å². The summed E-state index contributed by atoms with van der Waals surface area (Å²) in [5.74, 6) is 1.68. The molecule has 0 saturated carbocycles. The lowest BCUT2D eigenvalue weighted by Gasteiger charge is -2.29. The van der Waals surface area contributed by atoms with Gasteiger partial charge in [-0.1, -0.05) is 23.4 Å². The molecule has 0 spiro atoms. The van der Waals surface area contributed by atoms with Crippen LogP contribution in [0.3, 0.4) is 0 Å². The highest BCUT2D eigenvalue weighted by Crippen LogP contribution is 2.29. The Labute approximate surface area is 163 Å². The first kappa shape index (κ1) is 18.6. The number of ether oxygens (including phenoxy) is 1. The van der Waals surface area contributed by atoms with E-state index in [2.05, 4.69) is 15.1 Å². The van der Waals surface area contributed by atoms with Gasteiger partial charge in [0.25, 0.3) is 5.89 Å². The third-order valence-corrected chi connectivity index (χ3v) is 6.59. The largest absolute Gasteiger partial charge is 0.482 e. The van der Waals surface area contributed by atoms with E-state index in [1.807, 2.05) is 0 Å². The van der Waals surface area contributed by atoms with Crippen molar-refractivity contribution in [3.8, 4) is 5.75 Å². The van der Waals surface area contributed by atoms with Crippen molar-refractivity contribution in [2.24, 2.45) is 0 Å². The van der Waals surface area contributed by atoms with Crippen molar-refractivity contribution in [2.45, 2.75) is 30.3 Å². The fourth-order valence-electron chi connectivity index (χ4n) is 3.17. The van der Waals surface area contributed by atoms with Gasteiger partial charge in [0.2, 0.25) is 10.0 Å². The number of pyridine rings is 1. The van der Waals surface area contributed by atoms with Gasteiger partial charge in [-0.15, -0.1) is 0 Å². The second-order valence-corrected chi connectivity index (χ2v) is 8.45. The predicted octanol–water partition coefficient (Wildman–Crippen LogP) is 2.61. The Kier molecular flexibility index (Phi) is 5.36. The number of hydrogen-bond acceptors (Lipinski definition) is 7. The molecule has 3 aromatic rings. The number of rotatable bonds is 6. The summed E-state index contributed by atoms with van der Waals surface area (Å²) in [6.45, 7) is 1.02. The molecule has 28 heavy (non-hydrogen) atoms. The Hall–Kier alpha value is -2.78. The second-order valence-electron chi connectivity index (χ2n) is 6.52. The van der Waals surface area contributed by atoms with Crippen LogP contribution >= 0.6 is 0 Å². The molecule has 0 aliphatic carbocycles. The van der Waals surface area contributed by atoms with Gasteiger partial charge < -0.3 is 9.26 Å². The highest BCUT2D eigenvalue weighted by atomic mass is 32.2. The summed E-state index contributed by atoms with van der Waals surface area (Å²) in [6, 6.07) is 12.1. The van der Waals surface area contributed by atoms with Gasteiger partial charge in [0.15, 0.2) is 12.4 Å². The quantitative estimate of drug-likeness (QED) is 0.627. The van der Waals surface area contributed by atoms with Crippen molar-refractivity contribution >= 4 is 10.0 Å². The molecule has 2 aromatic heterocycles. The topological polar surface area (TPSA) is 98.4 Å². The molecule has 146 valence electrons. The minimum absolute atomic E-state index is 0.0677. The Bertz CT molecular complexity index is 1000. The number of hydrogen-bond donors (Lipinski definition) is 0. The van der Waals surface area contributed by atoms with Crippen molar-refractivity contribution in [2.75, 3.05) is 13.1 Å². The van der Waals surface area contributed by atoms with Crippen LogP contribution in [0.25, 0.3) is 0 Å². The first-order valence-electron chi connectivity index (χ1n) is 9.03. The van der Waals surface area contributed by atoms with Gasteiger partial charge in [-0.25, -0.2) is 8.42 Å². The Morgan fingerprint density at radius 3 is 2.61 bits per heavy atom. The van der Waals surface area contributed by atoms with Crippen LogP contribution in [0, 0.1) is 0 Å². The van der Waals surface area contributed by atoms with E-state index in [1.54, 1.807) is 54.9 Å². The molecule has 0 atom stereocenters. The lowest BCUT2D eigenvalue weighted by Crippen LogP contribution is -2.38. The molecule has 1 fully saturated rings. The van der Waals surface area contributed by atoms with E-state index in [1.165, 1.54) is 4.31 Å². The van der Waals surface area contributed by atoms with E-state index in [0.717, 1.165) is 0 Å². The van der Waals surface area contributed by atoms with Gasteiger partial charge in [0, 0.05) is 25.2 Å². The normalized spacial score (nSPS) is 16.1. The summed E-state index contributed by atoms with van der Waals surface area (Å²) >= 11 is 0. The zero-order valence-electron chi connectivity index (χ0n) is 15.1. The predicted molar refractivity (Wildman–Crippen MR) is 100 cm³/mol. The SMILES string of the molecule is O=S(=O)(c1ccccc1)N1CCC(c2noc(COc3cccnc3)n2)CC1. The minimum atomic E-state index is -3.46. The summed E-state index contributed by atoms with van der Waals surface area (Å²) in [5.41, 5.74) is 0.